The molecule has 1 aliphatic heterocycles. The van der Waals surface area contributed by atoms with E-state index in [0.29, 0.717) is 11.4 Å². The maximum absolute atomic E-state index is 12.6. The number of carboxylic acid groups (broad SMARTS) is 1. The van der Waals surface area contributed by atoms with Crippen molar-refractivity contribution in [3.05, 3.63) is 47.0 Å². The van der Waals surface area contributed by atoms with Crippen molar-refractivity contribution in [3.63, 3.8) is 0 Å². The molecule has 0 bridgehead atoms. The number of amides is 4. The number of hydrogen-bond acceptors (Lipinski definition) is 7. The van der Waals surface area contributed by atoms with Crippen LogP contribution in [0.15, 0.2) is 41.3 Å². The van der Waals surface area contributed by atoms with Crippen molar-refractivity contribution in [2.24, 2.45) is 0 Å². The molecule has 1 aliphatic rings. The molecule has 1 fully saturated rings. The number of nitrogens with zero attached hydrogens (tertiary/aromatic N) is 4. The third-order valence-corrected chi connectivity index (χ3v) is 5.45. The first-order valence-electron chi connectivity index (χ1n) is 11.3. The lowest BCUT2D eigenvalue weighted by Gasteiger charge is -2.38. The third kappa shape index (κ3) is 6.72. The van der Waals surface area contributed by atoms with Gasteiger partial charge in [-0.15, -0.1) is 0 Å². The predicted molar refractivity (Wildman–Crippen MR) is 129 cm³/mol. The lowest BCUT2D eigenvalue weighted by Crippen LogP contribution is -2.60. The van der Waals surface area contributed by atoms with Crippen LogP contribution in [-0.2, 0) is 4.79 Å². The maximum atomic E-state index is 12.6. The molecular formula is C23H30N6O7. The zero-order valence-corrected chi connectivity index (χ0v) is 20.3. The van der Waals surface area contributed by atoms with Crippen LogP contribution in [0.3, 0.4) is 0 Å². The standard InChI is InChI=1S/C23H30N6O7/c1-15(30)14-36-17-6-4-16(5-7-17)29-9-8-18(25-21(29)33)24-20(32)28-12-10-27(11-13-28)19(31)23(2,3)26-22(34)35/h4-9,15,26,30H,10-14H2,1-3H3,(H,34,35)(H,24,25,32,33). The van der Waals surface area contributed by atoms with Gasteiger partial charge in [0.05, 0.1) is 11.8 Å². The van der Waals surface area contributed by atoms with E-state index in [1.54, 1.807) is 31.2 Å². The van der Waals surface area contributed by atoms with Gasteiger partial charge >= 0.3 is 17.8 Å². The van der Waals surface area contributed by atoms with Gasteiger partial charge in [-0.25, -0.2) is 14.4 Å². The zero-order valence-electron chi connectivity index (χ0n) is 20.3. The Bertz CT molecular complexity index is 1150. The summed E-state index contributed by atoms with van der Waals surface area (Å²) in [6.07, 6.45) is -0.400. The minimum absolute atomic E-state index is 0.0865. The molecule has 1 saturated heterocycles. The van der Waals surface area contributed by atoms with E-state index in [0.717, 1.165) is 0 Å². The number of urea groups is 1. The molecule has 0 spiro atoms. The minimum atomic E-state index is -1.29. The summed E-state index contributed by atoms with van der Waals surface area (Å²) in [7, 11) is 0. The summed E-state index contributed by atoms with van der Waals surface area (Å²) < 4.78 is 6.72. The van der Waals surface area contributed by atoms with Crippen LogP contribution in [0.4, 0.5) is 15.4 Å². The minimum Gasteiger partial charge on any atom is -0.491 e. The summed E-state index contributed by atoms with van der Waals surface area (Å²) in [6, 6.07) is 7.72. The molecule has 2 aromatic rings. The average Bonchev–Trinajstić information content (AvgIpc) is 2.82. The van der Waals surface area contributed by atoms with E-state index < -0.39 is 29.5 Å². The largest absolute Gasteiger partial charge is 0.491 e. The smallest absolute Gasteiger partial charge is 0.405 e. The van der Waals surface area contributed by atoms with Crippen LogP contribution in [0.1, 0.15) is 20.8 Å². The predicted octanol–water partition coefficient (Wildman–Crippen LogP) is 0.714. The van der Waals surface area contributed by atoms with Gasteiger partial charge in [0.25, 0.3) is 0 Å². The quantitative estimate of drug-likeness (QED) is 0.430. The second-order valence-electron chi connectivity index (χ2n) is 8.88. The average molecular weight is 503 g/mol. The molecule has 1 unspecified atom stereocenters. The Balaban J connectivity index is 1.57. The number of aliphatic hydroxyl groups is 1. The number of carbonyl (C=O) groups excluding carboxylic acids is 2. The summed E-state index contributed by atoms with van der Waals surface area (Å²) in [6.45, 7) is 5.69. The number of aromatic nitrogens is 2. The van der Waals surface area contributed by atoms with Gasteiger partial charge in [-0.05, 0) is 51.1 Å². The first kappa shape index (κ1) is 26.5. The van der Waals surface area contributed by atoms with Crippen molar-refractivity contribution in [3.8, 4) is 11.4 Å². The van der Waals surface area contributed by atoms with Gasteiger partial charge in [0, 0.05) is 32.4 Å². The van der Waals surface area contributed by atoms with E-state index in [1.165, 1.54) is 40.5 Å². The molecule has 0 saturated carbocycles. The number of ether oxygens (including phenoxy) is 1. The molecule has 4 amide bonds. The van der Waals surface area contributed by atoms with Crippen LogP contribution in [0.5, 0.6) is 5.75 Å². The maximum Gasteiger partial charge on any atom is 0.405 e. The van der Waals surface area contributed by atoms with Crippen LogP contribution in [-0.4, -0.2) is 92.0 Å². The lowest BCUT2D eigenvalue weighted by molar-refractivity contribution is -0.138. The second kappa shape index (κ2) is 11.1. The molecule has 2 heterocycles. The van der Waals surface area contributed by atoms with Crippen LogP contribution < -0.4 is 21.1 Å². The fourth-order valence-corrected chi connectivity index (χ4v) is 3.61. The second-order valence-corrected chi connectivity index (χ2v) is 8.88. The van der Waals surface area contributed by atoms with Gasteiger partial charge in [-0.3, -0.25) is 14.7 Å². The highest BCUT2D eigenvalue weighted by molar-refractivity contribution is 5.90. The van der Waals surface area contributed by atoms with Crippen molar-refractivity contribution in [2.75, 3.05) is 38.1 Å². The Labute approximate surface area is 207 Å². The summed E-state index contributed by atoms with van der Waals surface area (Å²) >= 11 is 0. The molecule has 0 radical (unpaired) electrons. The highest BCUT2D eigenvalue weighted by Crippen LogP contribution is 2.16. The number of nitrogens with one attached hydrogen (secondary N) is 2. The Morgan fingerprint density at radius 3 is 2.25 bits per heavy atom. The molecule has 1 aromatic heterocycles. The molecule has 4 N–H and O–H groups in total. The summed E-state index contributed by atoms with van der Waals surface area (Å²) in [4.78, 5) is 55.6. The van der Waals surface area contributed by atoms with Gasteiger partial charge < -0.3 is 30.1 Å². The number of hydrogen-bond donors (Lipinski definition) is 4. The van der Waals surface area contributed by atoms with E-state index in [4.69, 9.17) is 9.84 Å². The lowest BCUT2D eigenvalue weighted by atomic mass is 10.0. The van der Waals surface area contributed by atoms with Crippen LogP contribution >= 0.6 is 0 Å². The third-order valence-electron chi connectivity index (χ3n) is 5.45. The fraction of sp³-hybridized carbons (Fsp3) is 0.435. The highest BCUT2D eigenvalue weighted by atomic mass is 16.5. The molecule has 1 aromatic carbocycles. The number of piperazine rings is 1. The molecule has 1 atom stereocenters. The summed E-state index contributed by atoms with van der Waals surface area (Å²) in [5.41, 5.74) is -1.32. The normalized spacial score (nSPS) is 14.7. The molecule has 13 heteroatoms. The Morgan fingerprint density at radius 1 is 1.08 bits per heavy atom. The molecular weight excluding hydrogens is 472 g/mol. The van der Waals surface area contributed by atoms with Crippen LogP contribution in [0.2, 0.25) is 0 Å². The first-order valence-corrected chi connectivity index (χ1v) is 11.3. The van der Waals surface area contributed by atoms with E-state index in [2.05, 4.69) is 15.6 Å². The number of anilines is 1. The van der Waals surface area contributed by atoms with Gasteiger partial charge in [-0.1, -0.05) is 0 Å². The summed E-state index contributed by atoms with van der Waals surface area (Å²) in [5, 5.41) is 23.0. The molecule has 13 nitrogen and oxygen atoms in total. The summed E-state index contributed by atoms with van der Waals surface area (Å²) in [5.74, 6) is 0.259. The van der Waals surface area contributed by atoms with Gasteiger partial charge in [0.1, 0.15) is 23.7 Å². The fourth-order valence-electron chi connectivity index (χ4n) is 3.61. The van der Waals surface area contributed by atoms with E-state index >= 15 is 0 Å². The number of rotatable bonds is 7. The van der Waals surface area contributed by atoms with Gasteiger partial charge in [0.2, 0.25) is 5.91 Å². The van der Waals surface area contributed by atoms with Gasteiger partial charge in [0.15, 0.2) is 0 Å². The Hall–Kier alpha value is -4.13. The van der Waals surface area contributed by atoms with Crippen molar-refractivity contribution in [1.29, 1.82) is 0 Å². The number of aliphatic hydroxyl groups excluding tert-OH is 1. The number of benzene rings is 1. The van der Waals surface area contributed by atoms with Crippen molar-refractivity contribution in [1.82, 2.24) is 24.7 Å². The van der Waals surface area contributed by atoms with Crippen molar-refractivity contribution >= 4 is 23.8 Å². The van der Waals surface area contributed by atoms with Crippen molar-refractivity contribution < 1.29 is 29.3 Å². The van der Waals surface area contributed by atoms with Crippen LogP contribution in [0, 0.1) is 0 Å². The van der Waals surface area contributed by atoms with Crippen molar-refractivity contribution in [2.45, 2.75) is 32.4 Å². The topological polar surface area (TPSA) is 166 Å². The highest BCUT2D eigenvalue weighted by Gasteiger charge is 2.35. The first-order chi connectivity index (χ1) is 17.0. The Kier molecular flexibility index (Phi) is 8.14. The van der Waals surface area contributed by atoms with E-state index in [-0.39, 0.29) is 44.5 Å². The molecule has 194 valence electrons. The van der Waals surface area contributed by atoms with E-state index in [9.17, 15) is 24.3 Å². The molecule has 36 heavy (non-hydrogen) atoms. The SMILES string of the molecule is CC(O)COc1ccc(-n2ccc(NC(=O)N3CCN(C(=O)C(C)(C)NC(=O)O)CC3)nc2=O)cc1. The van der Waals surface area contributed by atoms with Crippen LogP contribution in [0.25, 0.3) is 5.69 Å². The van der Waals surface area contributed by atoms with E-state index in [1.807, 2.05) is 0 Å². The molecule has 0 aliphatic carbocycles. The number of carbonyl (C=O) groups is 3. The Morgan fingerprint density at radius 2 is 1.69 bits per heavy atom. The molecule has 3 rings (SSSR count). The monoisotopic (exact) mass is 502 g/mol. The zero-order chi connectivity index (χ0) is 26.5. The van der Waals surface area contributed by atoms with Gasteiger partial charge in [-0.2, -0.15) is 4.98 Å².